The third-order valence-electron chi connectivity index (χ3n) is 5.15. The van der Waals surface area contributed by atoms with Crippen LogP contribution in [-0.2, 0) is 6.54 Å². The second-order valence-electron chi connectivity index (χ2n) is 7.40. The molecule has 0 radical (unpaired) electrons. The number of ether oxygens (including phenoxy) is 2. The summed E-state index contributed by atoms with van der Waals surface area (Å²) in [6.45, 7) is 9.95. The molecule has 0 bridgehead atoms. The van der Waals surface area contributed by atoms with E-state index < -0.39 is 0 Å². The predicted molar refractivity (Wildman–Crippen MR) is 142 cm³/mol. The van der Waals surface area contributed by atoms with E-state index in [1.165, 1.54) is 0 Å². The first-order valence-corrected chi connectivity index (χ1v) is 10.9. The quantitative estimate of drug-likeness (QED) is 0.294. The maximum Gasteiger partial charge on any atom is 0.196 e. The highest BCUT2D eigenvalue weighted by molar-refractivity contribution is 14.0. The van der Waals surface area contributed by atoms with Gasteiger partial charge in [-0.15, -0.1) is 24.0 Å². The number of nitrogens with zero attached hydrogens (tertiary/aromatic N) is 4. The highest BCUT2D eigenvalue weighted by atomic mass is 127. The van der Waals surface area contributed by atoms with Gasteiger partial charge in [0.15, 0.2) is 17.5 Å². The van der Waals surface area contributed by atoms with Crippen molar-refractivity contribution in [2.24, 2.45) is 4.99 Å². The largest absolute Gasteiger partial charge is 0.493 e. The summed E-state index contributed by atoms with van der Waals surface area (Å²) in [5.41, 5.74) is 2.00. The van der Waals surface area contributed by atoms with Gasteiger partial charge >= 0.3 is 0 Å². The second kappa shape index (κ2) is 13.3. The lowest BCUT2D eigenvalue weighted by atomic mass is 10.2. The molecule has 1 aliphatic heterocycles. The molecular weight excluding hydrogens is 519 g/mol. The minimum Gasteiger partial charge on any atom is -0.493 e. The van der Waals surface area contributed by atoms with Crippen LogP contribution in [0.3, 0.4) is 0 Å². The minimum atomic E-state index is 0. The van der Waals surface area contributed by atoms with Crippen LogP contribution >= 0.6 is 24.0 Å². The molecule has 8 nitrogen and oxygen atoms in total. The fourth-order valence-electron chi connectivity index (χ4n) is 3.48. The van der Waals surface area contributed by atoms with E-state index >= 15 is 0 Å². The molecule has 2 heterocycles. The van der Waals surface area contributed by atoms with Crippen LogP contribution in [0.5, 0.6) is 11.5 Å². The average molecular weight is 554 g/mol. The van der Waals surface area contributed by atoms with Gasteiger partial charge in [0.2, 0.25) is 0 Å². The van der Waals surface area contributed by atoms with Crippen LogP contribution in [0.1, 0.15) is 19.4 Å². The smallest absolute Gasteiger partial charge is 0.196 e. The highest BCUT2D eigenvalue weighted by Crippen LogP contribution is 2.30. The van der Waals surface area contributed by atoms with Gasteiger partial charge in [0.1, 0.15) is 5.82 Å². The Hall–Kier alpha value is -2.27. The molecule has 32 heavy (non-hydrogen) atoms. The molecule has 0 atom stereocenters. The molecule has 0 spiro atoms. The molecule has 1 aromatic carbocycles. The molecule has 1 saturated heterocycles. The number of guanidine groups is 1. The standard InChI is InChI=1S/C23H34N6O2.HI/c1-5-24-23(27-19-9-10-20(31-6-2)21(16-19)30-4)26-17-18-8-7-11-25-22(18)29-14-12-28(3)13-15-29;/h7-11,16H,5-6,12-15,17H2,1-4H3,(H2,24,26,27);1H. The molecular formula is C23H35IN6O2. The topological polar surface area (TPSA) is 74.3 Å². The van der Waals surface area contributed by atoms with E-state index in [2.05, 4.69) is 45.5 Å². The molecule has 2 aromatic rings. The number of hydrogen-bond donors (Lipinski definition) is 2. The van der Waals surface area contributed by atoms with Gasteiger partial charge in [0.05, 0.1) is 20.3 Å². The highest BCUT2D eigenvalue weighted by Gasteiger charge is 2.18. The summed E-state index contributed by atoms with van der Waals surface area (Å²) in [5.74, 6) is 3.15. The summed E-state index contributed by atoms with van der Waals surface area (Å²) in [4.78, 5) is 14.2. The molecule has 1 fully saturated rings. The van der Waals surface area contributed by atoms with E-state index in [1.807, 2.05) is 37.4 Å². The maximum absolute atomic E-state index is 5.60. The Labute approximate surface area is 208 Å². The van der Waals surface area contributed by atoms with Gasteiger partial charge in [0.25, 0.3) is 0 Å². The van der Waals surface area contributed by atoms with Crippen LogP contribution in [-0.4, -0.2) is 69.3 Å². The zero-order valence-electron chi connectivity index (χ0n) is 19.4. The molecule has 0 unspecified atom stereocenters. The first kappa shape index (κ1) is 26.0. The predicted octanol–water partition coefficient (Wildman–Crippen LogP) is 3.44. The van der Waals surface area contributed by atoms with Gasteiger partial charge in [-0.2, -0.15) is 0 Å². The molecule has 9 heteroatoms. The lowest BCUT2D eigenvalue weighted by molar-refractivity contribution is 0.311. The summed E-state index contributed by atoms with van der Waals surface area (Å²) in [7, 11) is 3.80. The number of likely N-dealkylation sites (N-methyl/N-ethyl adjacent to an activating group) is 1. The zero-order chi connectivity index (χ0) is 22.1. The summed E-state index contributed by atoms with van der Waals surface area (Å²) in [6, 6.07) is 9.86. The van der Waals surface area contributed by atoms with E-state index in [0.717, 1.165) is 55.5 Å². The van der Waals surface area contributed by atoms with Crippen molar-refractivity contribution in [1.82, 2.24) is 15.2 Å². The van der Waals surface area contributed by atoms with Crippen molar-refractivity contribution in [3.05, 3.63) is 42.1 Å². The third kappa shape index (κ3) is 7.13. The van der Waals surface area contributed by atoms with Crippen molar-refractivity contribution in [2.75, 3.05) is 63.7 Å². The molecule has 0 amide bonds. The molecule has 176 valence electrons. The Balaban J connectivity index is 0.00000363. The number of halogens is 1. The van der Waals surface area contributed by atoms with Gasteiger partial charge in [0, 0.05) is 56.2 Å². The van der Waals surface area contributed by atoms with E-state index in [9.17, 15) is 0 Å². The number of aliphatic imine (C=N–C) groups is 1. The Bertz CT molecular complexity index is 871. The van der Waals surface area contributed by atoms with Crippen LogP contribution in [0.2, 0.25) is 0 Å². The van der Waals surface area contributed by atoms with Crippen LogP contribution in [0, 0.1) is 0 Å². The van der Waals surface area contributed by atoms with Crippen molar-refractivity contribution >= 4 is 41.4 Å². The SMILES string of the molecule is CCNC(=NCc1cccnc1N1CCN(C)CC1)Nc1ccc(OCC)c(OC)c1.I. The van der Waals surface area contributed by atoms with Crippen LogP contribution in [0.25, 0.3) is 0 Å². The van der Waals surface area contributed by atoms with E-state index in [-0.39, 0.29) is 24.0 Å². The summed E-state index contributed by atoms with van der Waals surface area (Å²) < 4.78 is 11.1. The van der Waals surface area contributed by atoms with Crippen molar-refractivity contribution in [3.63, 3.8) is 0 Å². The Morgan fingerprint density at radius 3 is 2.59 bits per heavy atom. The van der Waals surface area contributed by atoms with Gasteiger partial charge in [-0.3, -0.25) is 0 Å². The minimum absolute atomic E-state index is 0. The number of hydrogen-bond acceptors (Lipinski definition) is 6. The first-order chi connectivity index (χ1) is 15.1. The molecule has 0 aliphatic carbocycles. The third-order valence-corrected chi connectivity index (χ3v) is 5.15. The lowest BCUT2D eigenvalue weighted by Gasteiger charge is -2.34. The summed E-state index contributed by atoms with van der Waals surface area (Å²) in [5, 5.41) is 6.67. The zero-order valence-corrected chi connectivity index (χ0v) is 21.8. The first-order valence-electron chi connectivity index (χ1n) is 10.9. The number of methoxy groups -OCH3 is 1. The fourth-order valence-corrected chi connectivity index (χ4v) is 3.48. The van der Waals surface area contributed by atoms with E-state index in [0.29, 0.717) is 24.9 Å². The van der Waals surface area contributed by atoms with Gasteiger partial charge in [-0.1, -0.05) is 6.07 Å². The Kier molecular flexibility index (Phi) is 10.8. The molecule has 1 aliphatic rings. The van der Waals surface area contributed by atoms with Gasteiger partial charge in [-0.05, 0) is 39.1 Å². The molecule has 2 N–H and O–H groups in total. The molecule has 3 rings (SSSR count). The summed E-state index contributed by atoms with van der Waals surface area (Å²) in [6.07, 6.45) is 1.86. The number of aromatic nitrogens is 1. The van der Waals surface area contributed by atoms with Crippen molar-refractivity contribution in [3.8, 4) is 11.5 Å². The second-order valence-corrected chi connectivity index (χ2v) is 7.40. The number of anilines is 2. The Morgan fingerprint density at radius 2 is 1.91 bits per heavy atom. The van der Waals surface area contributed by atoms with E-state index in [1.54, 1.807) is 7.11 Å². The van der Waals surface area contributed by atoms with Crippen molar-refractivity contribution < 1.29 is 9.47 Å². The van der Waals surface area contributed by atoms with Crippen LogP contribution in [0.4, 0.5) is 11.5 Å². The number of rotatable bonds is 8. The van der Waals surface area contributed by atoms with Crippen LogP contribution < -0.4 is 25.0 Å². The normalized spacial score (nSPS) is 14.5. The van der Waals surface area contributed by atoms with Gasteiger partial charge < -0.3 is 29.9 Å². The van der Waals surface area contributed by atoms with E-state index in [4.69, 9.17) is 14.5 Å². The number of nitrogens with one attached hydrogen (secondary N) is 2. The average Bonchev–Trinajstić information content (AvgIpc) is 2.79. The van der Waals surface area contributed by atoms with Crippen LogP contribution in [0.15, 0.2) is 41.5 Å². The number of pyridine rings is 1. The number of piperazine rings is 1. The maximum atomic E-state index is 5.60. The van der Waals surface area contributed by atoms with Gasteiger partial charge in [-0.25, -0.2) is 9.98 Å². The Morgan fingerprint density at radius 1 is 1.12 bits per heavy atom. The fraction of sp³-hybridized carbons (Fsp3) is 0.478. The lowest BCUT2D eigenvalue weighted by Crippen LogP contribution is -2.45. The summed E-state index contributed by atoms with van der Waals surface area (Å²) >= 11 is 0. The molecule has 1 aromatic heterocycles. The number of benzene rings is 1. The monoisotopic (exact) mass is 554 g/mol. The molecule has 0 saturated carbocycles. The van der Waals surface area contributed by atoms with Crippen molar-refractivity contribution in [1.29, 1.82) is 0 Å². The van der Waals surface area contributed by atoms with Crippen molar-refractivity contribution in [2.45, 2.75) is 20.4 Å².